The largest absolute Gasteiger partial charge is 0.390 e. The molecule has 0 radical (unpaired) electrons. The predicted molar refractivity (Wildman–Crippen MR) is 108 cm³/mol. The Kier molecular flexibility index (Phi) is 7.47. The summed E-state index contributed by atoms with van der Waals surface area (Å²) >= 11 is 1.78. The molecule has 24 heavy (non-hydrogen) atoms. The smallest absolute Gasteiger partial charge is 0.0805 e. The number of thioether (sulfide) groups is 1. The predicted octanol–water partition coefficient (Wildman–Crippen LogP) is 4.76. The van der Waals surface area contributed by atoms with Crippen molar-refractivity contribution >= 4 is 28.8 Å². The summed E-state index contributed by atoms with van der Waals surface area (Å²) in [5.41, 5.74) is 3.29. The number of aliphatic hydroxyl groups is 1. The maximum atomic E-state index is 10.2. The zero-order chi connectivity index (χ0) is 17.4. The molecule has 130 valence electrons. The zero-order valence-corrected chi connectivity index (χ0v) is 15.6. The fraction of sp³-hybridized carbons (Fsp3) is 0.400. The molecular formula is C20H28N2OS. The number of benzene rings is 2. The second-order valence-electron chi connectivity index (χ2n) is 6.10. The van der Waals surface area contributed by atoms with Gasteiger partial charge < -0.3 is 15.3 Å². The third kappa shape index (κ3) is 5.77. The number of rotatable bonds is 9. The summed E-state index contributed by atoms with van der Waals surface area (Å²) in [6, 6.07) is 18.9. The molecule has 0 aliphatic rings. The summed E-state index contributed by atoms with van der Waals surface area (Å²) in [6.07, 6.45) is -0.306. The number of para-hydroxylation sites is 1. The maximum Gasteiger partial charge on any atom is 0.0805 e. The topological polar surface area (TPSA) is 35.5 Å². The van der Waals surface area contributed by atoms with Crippen LogP contribution in [0.25, 0.3) is 0 Å². The van der Waals surface area contributed by atoms with Gasteiger partial charge in [-0.05, 0) is 56.0 Å². The molecule has 0 aliphatic heterocycles. The number of nitrogens with zero attached hydrogens (tertiary/aromatic N) is 1. The van der Waals surface area contributed by atoms with E-state index in [1.54, 1.807) is 11.8 Å². The molecule has 2 aromatic rings. The van der Waals surface area contributed by atoms with Gasteiger partial charge in [0.05, 0.1) is 6.10 Å². The van der Waals surface area contributed by atoms with Crippen molar-refractivity contribution in [2.45, 2.75) is 32.9 Å². The number of hydrogen-bond donors (Lipinski definition) is 2. The third-order valence-corrected chi connectivity index (χ3v) is 4.84. The van der Waals surface area contributed by atoms with Crippen LogP contribution in [0, 0.1) is 0 Å². The summed E-state index contributed by atoms with van der Waals surface area (Å²) < 4.78 is 0. The lowest BCUT2D eigenvalue weighted by molar-refractivity contribution is 0.202. The van der Waals surface area contributed by atoms with Crippen LogP contribution in [0.2, 0.25) is 0 Å². The molecule has 0 saturated heterocycles. The molecule has 0 fully saturated rings. The van der Waals surface area contributed by atoms with Gasteiger partial charge in [-0.2, -0.15) is 11.8 Å². The van der Waals surface area contributed by atoms with Gasteiger partial charge in [0, 0.05) is 35.4 Å². The molecule has 2 aromatic carbocycles. The lowest BCUT2D eigenvalue weighted by Gasteiger charge is -2.31. The quantitative estimate of drug-likeness (QED) is 0.687. The second kappa shape index (κ2) is 9.60. The molecule has 1 atom stereocenters. The van der Waals surface area contributed by atoms with Crippen LogP contribution in [0.1, 0.15) is 20.8 Å². The Morgan fingerprint density at radius 1 is 1.00 bits per heavy atom. The molecule has 0 heterocycles. The van der Waals surface area contributed by atoms with Crippen LogP contribution in [0.3, 0.4) is 0 Å². The van der Waals surface area contributed by atoms with E-state index in [9.17, 15) is 5.11 Å². The van der Waals surface area contributed by atoms with E-state index in [2.05, 4.69) is 67.4 Å². The van der Waals surface area contributed by atoms with Crippen molar-refractivity contribution < 1.29 is 5.11 Å². The van der Waals surface area contributed by atoms with Crippen molar-refractivity contribution in [3.8, 4) is 0 Å². The van der Waals surface area contributed by atoms with E-state index in [0.29, 0.717) is 12.6 Å². The Morgan fingerprint density at radius 2 is 1.62 bits per heavy atom. The van der Waals surface area contributed by atoms with Gasteiger partial charge >= 0.3 is 0 Å². The first-order chi connectivity index (χ1) is 11.6. The molecule has 0 amide bonds. The van der Waals surface area contributed by atoms with E-state index in [4.69, 9.17) is 0 Å². The normalized spacial score (nSPS) is 12.2. The van der Waals surface area contributed by atoms with Gasteiger partial charge in [0.15, 0.2) is 0 Å². The summed E-state index contributed by atoms with van der Waals surface area (Å²) in [7, 11) is 0. The molecule has 2 rings (SSSR count). The minimum Gasteiger partial charge on any atom is -0.390 e. The van der Waals surface area contributed by atoms with Gasteiger partial charge in [-0.25, -0.2) is 0 Å². The van der Waals surface area contributed by atoms with Crippen molar-refractivity contribution in [3.05, 3.63) is 54.6 Å². The first-order valence-electron chi connectivity index (χ1n) is 8.54. The van der Waals surface area contributed by atoms with E-state index in [-0.39, 0.29) is 6.10 Å². The molecule has 4 heteroatoms. The Hall–Kier alpha value is -1.65. The lowest BCUT2D eigenvalue weighted by Crippen LogP contribution is -2.38. The fourth-order valence-electron chi connectivity index (χ4n) is 2.57. The number of aliphatic hydroxyl groups excluding tert-OH is 1. The standard InChI is InChI=1S/C20H28N2OS/c1-4-24-15-20(23)14-22(16(2)3)19-12-10-18(11-13-19)21-17-8-6-5-7-9-17/h5-13,16,20-21,23H,4,14-15H2,1-3H3. The molecular weight excluding hydrogens is 316 g/mol. The summed E-state index contributed by atoms with van der Waals surface area (Å²) in [5, 5.41) is 13.6. The second-order valence-corrected chi connectivity index (χ2v) is 7.42. The highest BCUT2D eigenvalue weighted by atomic mass is 32.2. The first-order valence-corrected chi connectivity index (χ1v) is 9.70. The van der Waals surface area contributed by atoms with Crippen LogP contribution < -0.4 is 10.2 Å². The summed E-state index contributed by atoms with van der Waals surface area (Å²) in [5.74, 6) is 1.83. The first kappa shape index (κ1) is 18.7. The average molecular weight is 345 g/mol. The summed E-state index contributed by atoms with van der Waals surface area (Å²) in [6.45, 7) is 7.11. The van der Waals surface area contributed by atoms with E-state index >= 15 is 0 Å². The molecule has 0 saturated carbocycles. The van der Waals surface area contributed by atoms with Crippen LogP contribution >= 0.6 is 11.8 Å². The van der Waals surface area contributed by atoms with E-state index in [1.165, 1.54) is 0 Å². The highest BCUT2D eigenvalue weighted by molar-refractivity contribution is 7.99. The van der Waals surface area contributed by atoms with Crippen molar-refractivity contribution in [2.75, 3.05) is 28.3 Å². The highest BCUT2D eigenvalue weighted by Gasteiger charge is 2.15. The van der Waals surface area contributed by atoms with E-state index in [0.717, 1.165) is 28.6 Å². The van der Waals surface area contributed by atoms with Crippen molar-refractivity contribution in [2.24, 2.45) is 0 Å². The van der Waals surface area contributed by atoms with E-state index < -0.39 is 0 Å². The van der Waals surface area contributed by atoms with E-state index in [1.807, 2.05) is 18.2 Å². The zero-order valence-electron chi connectivity index (χ0n) is 14.8. The van der Waals surface area contributed by atoms with Crippen molar-refractivity contribution in [3.63, 3.8) is 0 Å². The third-order valence-electron chi connectivity index (χ3n) is 3.81. The van der Waals surface area contributed by atoms with Crippen molar-refractivity contribution in [1.29, 1.82) is 0 Å². The van der Waals surface area contributed by atoms with Crippen LogP contribution in [0.4, 0.5) is 17.1 Å². The number of nitrogens with one attached hydrogen (secondary N) is 1. The van der Waals surface area contributed by atoms with Gasteiger partial charge in [-0.1, -0.05) is 25.1 Å². The lowest BCUT2D eigenvalue weighted by atomic mass is 10.2. The molecule has 3 nitrogen and oxygen atoms in total. The number of hydrogen-bond acceptors (Lipinski definition) is 4. The van der Waals surface area contributed by atoms with Gasteiger partial charge in [0.25, 0.3) is 0 Å². The Labute approximate surface area is 150 Å². The SMILES string of the molecule is CCSCC(O)CN(c1ccc(Nc2ccccc2)cc1)C(C)C. The fourth-order valence-corrected chi connectivity index (χ4v) is 3.19. The average Bonchev–Trinajstić information content (AvgIpc) is 2.59. The highest BCUT2D eigenvalue weighted by Crippen LogP contribution is 2.23. The minimum absolute atomic E-state index is 0.306. The molecule has 0 aromatic heterocycles. The number of anilines is 3. The Balaban J connectivity index is 2.02. The summed E-state index contributed by atoms with van der Waals surface area (Å²) in [4.78, 5) is 2.26. The minimum atomic E-state index is -0.306. The van der Waals surface area contributed by atoms with Crippen LogP contribution in [-0.4, -0.2) is 35.3 Å². The molecule has 0 spiro atoms. The van der Waals surface area contributed by atoms with Crippen LogP contribution in [-0.2, 0) is 0 Å². The van der Waals surface area contributed by atoms with Crippen LogP contribution in [0.5, 0.6) is 0 Å². The molecule has 0 bridgehead atoms. The Bertz CT molecular complexity index is 586. The maximum absolute atomic E-state index is 10.2. The molecule has 2 N–H and O–H groups in total. The van der Waals surface area contributed by atoms with Gasteiger partial charge in [-0.15, -0.1) is 0 Å². The Morgan fingerprint density at radius 3 is 2.21 bits per heavy atom. The monoisotopic (exact) mass is 344 g/mol. The van der Waals surface area contributed by atoms with Crippen molar-refractivity contribution in [1.82, 2.24) is 0 Å². The molecule has 0 aliphatic carbocycles. The van der Waals surface area contributed by atoms with Gasteiger partial charge in [0.2, 0.25) is 0 Å². The van der Waals surface area contributed by atoms with Gasteiger partial charge in [-0.3, -0.25) is 0 Å². The molecule has 1 unspecified atom stereocenters. The van der Waals surface area contributed by atoms with Crippen LogP contribution in [0.15, 0.2) is 54.6 Å². The van der Waals surface area contributed by atoms with Gasteiger partial charge in [0.1, 0.15) is 0 Å².